The first-order chi connectivity index (χ1) is 6.63. The first-order valence-corrected chi connectivity index (χ1v) is 4.44. The Morgan fingerprint density at radius 1 is 1.64 bits per heavy atom. The van der Waals surface area contributed by atoms with Crippen molar-refractivity contribution in [2.45, 2.75) is 6.92 Å². The van der Waals surface area contributed by atoms with Crippen LogP contribution in [-0.4, -0.2) is 16.8 Å². The van der Waals surface area contributed by atoms with E-state index in [4.69, 9.17) is 5.26 Å². The number of aromatic nitrogens is 1. The quantitative estimate of drug-likeness (QED) is 0.542. The highest BCUT2D eigenvalue weighted by molar-refractivity contribution is 7.14. The Kier molecular flexibility index (Phi) is 3.14. The van der Waals surface area contributed by atoms with Gasteiger partial charge in [-0.1, -0.05) is 0 Å². The van der Waals surface area contributed by atoms with Crippen LogP contribution in [0.5, 0.6) is 0 Å². The summed E-state index contributed by atoms with van der Waals surface area (Å²) in [6.45, 7) is 1.34. The number of thiazole rings is 1. The number of carbonyl (C=O) groups excluding carboxylic acids is 2. The molecule has 0 aliphatic heterocycles. The standard InChI is InChI=1S/C7H6N4O2S/c1-4(12)10-7-11-5(2-14-7)6(13)9-3-8/h2H,1H3,(H,9,13)(H,10,11,12). The Morgan fingerprint density at radius 2 is 2.36 bits per heavy atom. The van der Waals surface area contributed by atoms with Gasteiger partial charge in [-0.25, -0.2) is 4.98 Å². The Balaban J connectivity index is 2.73. The Hall–Kier alpha value is -1.94. The predicted molar refractivity (Wildman–Crippen MR) is 49.5 cm³/mol. The number of nitrogens with one attached hydrogen (secondary N) is 2. The van der Waals surface area contributed by atoms with Gasteiger partial charge in [0.15, 0.2) is 11.3 Å². The van der Waals surface area contributed by atoms with E-state index in [1.54, 1.807) is 0 Å². The molecule has 2 N–H and O–H groups in total. The third-order valence-electron chi connectivity index (χ3n) is 1.19. The van der Waals surface area contributed by atoms with Crippen molar-refractivity contribution in [1.29, 1.82) is 5.26 Å². The molecule has 7 heteroatoms. The van der Waals surface area contributed by atoms with E-state index in [1.165, 1.54) is 18.5 Å². The molecule has 2 amide bonds. The zero-order chi connectivity index (χ0) is 10.6. The molecule has 0 saturated carbocycles. The van der Waals surface area contributed by atoms with Crippen molar-refractivity contribution in [3.8, 4) is 6.19 Å². The zero-order valence-electron chi connectivity index (χ0n) is 7.20. The third kappa shape index (κ3) is 2.53. The smallest absolute Gasteiger partial charge is 0.283 e. The van der Waals surface area contributed by atoms with Gasteiger partial charge >= 0.3 is 0 Å². The van der Waals surface area contributed by atoms with Gasteiger partial charge in [-0.15, -0.1) is 11.3 Å². The van der Waals surface area contributed by atoms with Gasteiger partial charge in [0, 0.05) is 12.3 Å². The molecule has 0 bridgehead atoms. The van der Waals surface area contributed by atoms with Crippen LogP contribution < -0.4 is 10.6 Å². The second-order valence-electron chi connectivity index (χ2n) is 2.29. The summed E-state index contributed by atoms with van der Waals surface area (Å²) in [5.74, 6) is -0.841. The van der Waals surface area contributed by atoms with Gasteiger partial charge in [0.25, 0.3) is 5.91 Å². The second-order valence-corrected chi connectivity index (χ2v) is 3.14. The van der Waals surface area contributed by atoms with Gasteiger partial charge in [-0.05, 0) is 0 Å². The molecule has 1 aromatic rings. The first kappa shape index (κ1) is 10.1. The predicted octanol–water partition coefficient (Wildman–Crippen LogP) is 0.312. The molecule has 0 fully saturated rings. The summed E-state index contributed by atoms with van der Waals surface area (Å²) in [4.78, 5) is 25.5. The summed E-state index contributed by atoms with van der Waals surface area (Å²) >= 11 is 1.12. The van der Waals surface area contributed by atoms with E-state index >= 15 is 0 Å². The van der Waals surface area contributed by atoms with E-state index in [-0.39, 0.29) is 11.6 Å². The number of nitriles is 1. The average molecular weight is 210 g/mol. The minimum absolute atomic E-state index is 0.111. The maximum atomic E-state index is 11.0. The fourth-order valence-electron chi connectivity index (χ4n) is 0.701. The lowest BCUT2D eigenvalue weighted by Gasteiger charge is -1.93. The Bertz CT molecular complexity index is 406. The molecular weight excluding hydrogens is 204 g/mol. The normalized spacial score (nSPS) is 8.86. The topological polar surface area (TPSA) is 94.9 Å². The molecule has 72 valence electrons. The van der Waals surface area contributed by atoms with Crippen LogP contribution in [0.4, 0.5) is 5.13 Å². The van der Waals surface area contributed by atoms with Crippen LogP contribution in [-0.2, 0) is 4.79 Å². The van der Waals surface area contributed by atoms with Crippen LogP contribution in [0, 0.1) is 11.5 Å². The van der Waals surface area contributed by atoms with Crippen molar-refractivity contribution in [3.63, 3.8) is 0 Å². The summed E-state index contributed by atoms with van der Waals surface area (Å²) < 4.78 is 0. The minimum atomic E-state index is -0.583. The highest BCUT2D eigenvalue weighted by Gasteiger charge is 2.10. The van der Waals surface area contributed by atoms with Crippen molar-refractivity contribution in [2.75, 3.05) is 5.32 Å². The van der Waals surface area contributed by atoms with E-state index in [0.717, 1.165) is 11.3 Å². The minimum Gasteiger partial charge on any atom is -0.302 e. The van der Waals surface area contributed by atoms with Crippen molar-refractivity contribution < 1.29 is 9.59 Å². The number of nitrogens with zero attached hydrogens (tertiary/aromatic N) is 2. The highest BCUT2D eigenvalue weighted by Crippen LogP contribution is 2.14. The number of anilines is 1. The SMILES string of the molecule is CC(=O)Nc1nc(C(=O)NC#N)cs1. The molecule has 6 nitrogen and oxygen atoms in total. The number of carbonyl (C=O) groups is 2. The number of rotatable bonds is 2. The molecule has 0 aliphatic carbocycles. The fourth-order valence-corrected chi connectivity index (χ4v) is 1.44. The van der Waals surface area contributed by atoms with Crippen molar-refractivity contribution in [1.82, 2.24) is 10.3 Å². The van der Waals surface area contributed by atoms with Crippen LogP contribution in [0.25, 0.3) is 0 Å². The summed E-state index contributed by atoms with van der Waals surface area (Å²) in [5, 5.41) is 14.3. The lowest BCUT2D eigenvalue weighted by molar-refractivity contribution is -0.114. The number of amides is 2. The van der Waals surface area contributed by atoms with E-state index < -0.39 is 5.91 Å². The molecule has 0 aliphatic rings. The van der Waals surface area contributed by atoms with E-state index in [2.05, 4.69) is 10.3 Å². The second kappa shape index (κ2) is 4.34. The van der Waals surface area contributed by atoms with Gasteiger partial charge < -0.3 is 5.32 Å². The molecule has 0 atom stereocenters. The van der Waals surface area contributed by atoms with Gasteiger partial charge in [-0.2, -0.15) is 5.26 Å². The molecule has 0 aromatic carbocycles. The largest absolute Gasteiger partial charge is 0.302 e. The Labute approximate surface area is 83.6 Å². The van der Waals surface area contributed by atoms with Gasteiger partial charge in [0.2, 0.25) is 5.91 Å². The van der Waals surface area contributed by atoms with Gasteiger partial charge in [0.05, 0.1) is 0 Å². The highest BCUT2D eigenvalue weighted by atomic mass is 32.1. The van der Waals surface area contributed by atoms with Crippen LogP contribution in [0.15, 0.2) is 5.38 Å². The lowest BCUT2D eigenvalue weighted by atomic mass is 10.5. The summed E-state index contributed by atoms with van der Waals surface area (Å²) in [5.41, 5.74) is 0.111. The third-order valence-corrected chi connectivity index (χ3v) is 1.95. The maximum Gasteiger partial charge on any atom is 0.283 e. The molecule has 1 aromatic heterocycles. The molecular formula is C7H6N4O2S. The van der Waals surface area contributed by atoms with Crippen LogP contribution in [0.1, 0.15) is 17.4 Å². The molecule has 0 radical (unpaired) electrons. The molecule has 1 rings (SSSR count). The zero-order valence-corrected chi connectivity index (χ0v) is 8.01. The van der Waals surface area contributed by atoms with Crippen molar-refractivity contribution >= 4 is 28.3 Å². The average Bonchev–Trinajstić information content (AvgIpc) is 2.52. The van der Waals surface area contributed by atoms with Crippen LogP contribution >= 0.6 is 11.3 Å². The maximum absolute atomic E-state index is 11.0. The summed E-state index contributed by atoms with van der Waals surface area (Å²) in [7, 11) is 0. The molecule has 14 heavy (non-hydrogen) atoms. The molecule has 0 saturated heterocycles. The monoisotopic (exact) mass is 210 g/mol. The lowest BCUT2D eigenvalue weighted by Crippen LogP contribution is -2.17. The first-order valence-electron chi connectivity index (χ1n) is 3.56. The number of hydrogen-bond donors (Lipinski definition) is 2. The fraction of sp³-hybridized carbons (Fsp3) is 0.143. The van der Waals surface area contributed by atoms with E-state index in [9.17, 15) is 9.59 Å². The molecule has 0 spiro atoms. The van der Waals surface area contributed by atoms with Crippen LogP contribution in [0.2, 0.25) is 0 Å². The number of hydrogen-bond acceptors (Lipinski definition) is 5. The molecule has 1 heterocycles. The van der Waals surface area contributed by atoms with Gasteiger partial charge in [0.1, 0.15) is 5.69 Å². The summed E-state index contributed by atoms with van der Waals surface area (Å²) in [6.07, 6.45) is 1.49. The van der Waals surface area contributed by atoms with E-state index in [1.807, 2.05) is 5.32 Å². The van der Waals surface area contributed by atoms with Crippen LogP contribution in [0.3, 0.4) is 0 Å². The Morgan fingerprint density at radius 3 is 2.93 bits per heavy atom. The summed E-state index contributed by atoms with van der Waals surface area (Å²) in [6, 6.07) is 0. The van der Waals surface area contributed by atoms with E-state index in [0.29, 0.717) is 5.13 Å². The van der Waals surface area contributed by atoms with Crippen molar-refractivity contribution in [2.24, 2.45) is 0 Å². The molecule has 0 unspecified atom stereocenters. The van der Waals surface area contributed by atoms with Crippen molar-refractivity contribution in [3.05, 3.63) is 11.1 Å². The van der Waals surface area contributed by atoms with Gasteiger partial charge in [-0.3, -0.25) is 14.9 Å².